The third-order valence-electron chi connectivity index (χ3n) is 2.36. The molecule has 0 bridgehead atoms. The minimum absolute atomic E-state index is 0.346. The quantitative estimate of drug-likeness (QED) is 0.781. The second-order valence-corrected chi connectivity index (χ2v) is 3.72. The Bertz CT molecular complexity index is 535. The van der Waals surface area contributed by atoms with Crippen LogP contribution in [0.4, 0.5) is 20.7 Å². The first kappa shape index (κ1) is 12.1. The molecule has 2 rings (SSSR count). The molecule has 0 aliphatic heterocycles. The number of hydrogen-bond acceptors (Lipinski definition) is 2. The lowest BCUT2D eigenvalue weighted by atomic mass is 10.3. The highest BCUT2D eigenvalue weighted by Crippen LogP contribution is 2.10. The van der Waals surface area contributed by atoms with Crippen molar-refractivity contribution in [3.63, 3.8) is 0 Å². The zero-order valence-electron chi connectivity index (χ0n) is 9.83. The smallest absolute Gasteiger partial charge is 0.308 e. The molecule has 0 fully saturated rings. The monoisotopic (exact) mass is 248 g/mol. The molecule has 1 heterocycles. The Morgan fingerprint density at radius 3 is 2.67 bits per heavy atom. The Morgan fingerprint density at radius 2 is 2.06 bits per heavy atom. The molecule has 18 heavy (non-hydrogen) atoms. The van der Waals surface area contributed by atoms with Crippen LogP contribution >= 0.6 is 0 Å². The number of rotatable bonds is 3. The predicted molar refractivity (Wildman–Crippen MR) is 67.0 cm³/mol. The van der Waals surface area contributed by atoms with Crippen LogP contribution < -0.4 is 10.6 Å². The molecule has 0 unspecified atom stereocenters. The summed E-state index contributed by atoms with van der Waals surface area (Å²) in [5, 5.41) is 11.9. The van der Waals surface area contributed by atoms with Crippen molar-refractivity contribution in [3.05, 3.63) is 41.8 Å². The summed E-state index contributed by atoms with van der Waals surface area (Å²) in [4.78, 5) is 11.6. The average molecular weight is 248 g/mol. The molecular weight excluding hydrogens is 235 g/mol. The number of nitrogens with zero attached hydrogens (tertiary/aromatic N) is 1. The SMILES string of the molecule is CCc1cc(NC(=O)Nc2ccc(F)cc2)n[nH]1. The molecule has 0 atom stereocenters. The molecule has 0 aliphatic rings. The number of carbonyl (C=O) groups excluding carboxylic acids is 1. The van der Waals surface area contributed by atoms with Crippen LogP contribution in [0.15, 0.2) is 30.3 Å². The van der Waals surface area contributed by atoms with E-state index in [1.165, 1.54) is 24.3 Å². The van der Waals surface area contributed by atoms with Crippen molar-refractivity contribution >= 4 is 17.5 Å². The molecule has 0 aliphatic carbocycles. The molecule has 0 radical (unpaired) electrons. The Kier molecular flexibility index (Phi) is 3.57. The lowest BCUT2D eigenvalue weighted by molar-refractivity contribution is 0.262. The second-order valence-electron chi connectivity index (χ2n) is 3.72. The van der Waals surface area contributed by atoms with Gasteiger partial charge in [0.15, 0.2) is 5.82 Å². The number of urea groups is 1. The van der Waals surface area contributed by atoms with Gasteiger partial charge in [-0.05, 0) is 30.7 Å². The predicted octanol–water partition coefficient (Wildman–Crippen LogP) is 2.76. The summed E-state index contributed by atoms with van der Waals surface area (Å²) >= 11 is 0. The first-order chi connectivity index (χ1) is 8.67. The third-order valence-corrected chi connectivity index (χ3v) is 2.36. The van der Waals surface area contributed by atoms with Gasteiger partial charge in [-0.3, -0.25) is 10.4 Å². The fourth-order valence-electron chi connectivity index (χ4n) is 1.42. The van der Waals surface area contributed by atoms with Gasteiger partial charge >= 0.3 is 6.03 Å². The van der Waals surface area contributed by atoms with Gasteiger partial charge in [-0.2, -0.15) is 5.10 Å². The van der Waals surface area contributed by atoms with E-state index in [4.69, 9.17) is 0 Å². The molecular formula is C12H13FN4O. The molecule has 0 saturated heterocycles. The van der Waals surface area contributed by atoms with Crippen LogP contribution in [0.3, 0.4) is 0 Å². The number of H-pyrrole nitrogens is 1. The van der Waals surface area contributed by atoms with Crippen LogP contribution in [0, 0.1) is 5.82 Å². The van der Waals surface area contributed by atoms with Crippen molar-refractivity contribution in [1.82, 2.24) is 10.2 Å². The minimum atomic E-state index is -0.421. The van der Waals surface area contributed by atoms with Gasteiger partial charge < -0.3 is 5.32 Å². The summed E-state index contributed by atoms with van der Waals surface area (Å²) < 4.78 is 12.7. The highest BCUT2D eigenvalue weighted by Gasteiger charge is 2.05. The molecule has 2 amide bonds. The van der Waals surface area contributed by atoms with Gasteiger partial charge in [0.1, 0.15) is 5.82 Å². The number of benzene rings is 1. The summed E-state index contributed by atoms with van der Waals surface area (Å²) in [7, 11) is 0. The van der Waals surface area contributed by atoms with E-state index in [1.807, 2.05) is 6.92 Å². The normalized spacial score (nSPS) is 10.1. The van der Waals surface area contributed by atoms with Crippen LogP contribution in [0.25, 0.3) is 0 Å². The summed E-state index contributed by atoms with van der Waals surface area (Å²) in [6.07, 6.45) is 0.814. The molecule has 94 valence electrons. The van der Waals surface area contributed by atoms with Gasteiger partial charge in [0.05, 0.1) is 0 Å². The van der Waals surface area contributed by atoms with Crippen LogP contribution in [-0.4, -0.2) is 16.2 Å². The largest absolute Gasteiger partial charge is 0.324 e. The number of halogens is 1. The van der Waals surface area contributed by atoms with Crippen molar-refractivity contribution in [2.45, 2.75) is 13.3 Å². The number of anilines is 2. The number of aromatic amines is 1. The van der Waals surface area contributed by atoms with E-state index in [1.54, 1.807) is 6.07 Å². The number of nitrogens with one attached hydrogen (secondary N) is 3. The van der Waals surface area contributed by atoms with Gasteiger partial charge in [-0.15, -0.1) is 0 Å². The third kappa shape index (κ3) is 3.07. The van der Waals surface area contributed by atoms with E-state index in [-0.39, 0.29) is 5.82 Å². The highest BCUT2D eigenvalue weighted by atomic mass is 19.1. The van der Waals surface area contributed by atoms with E-state index in [9.17, 15) is 9.18 Å². The summed E-state index contributed by atoms with van der Waals surface area (Å²) in [5.41, 5.74) is 1.45. The number of carbonyl (C=O) groups is 1. The Morgan fingerprint density at radius 1 is 1.33 bits per heavy atom. The van der Waals surface area contributed by atoms with Crippen LogP contribution in [0.5, 0.6) is 0 Å². The highest BCUT2D eigenvalue weighted by molar-refractivity contribution is 5.99. The first-order valence-electron chi connectivity index (χ1n) is 5.55. The van der Waals surface area contributed by atoms with Gasteiger partial charge in [0.2, 0.25) is 0 Å². The van der Waals surface area contributed by atoms with E-state index >= 15 is 0 Å². The second kappa shape index (κ2) is 5.31. The molecule has 0 spiro atoms. The Hall–Kier alpha value is -2.37. The Labute approximate surface area is 103 Å². The van der Waals surface area contributed by atoms with Crippen LogP contribution in [-0.2, 0) is 6.42 Å². The summed E-state index contributed by atoms with van der Waals surface area (Å²) in [6, 6.07) is 6.85. The fraction of sp³-hybridized carbons (Fsp3) is 0.167. The number of aryl methyl sites for hydroxylation is 1. The van der Waals surface area contributed by atoms with E-state index < -0.39 is 6.03 Å². The van der Waals surface area contributed by atoms with Crippen LogP contribution in [0.2, 0.25) is 0 Å². The molecule has 5 nitrogen and oxygen atoms in total. The van der Waals surface area contributed by atoms with Crippen molar-refractivity contribution in [2.24, 2.45) is 0 Å². The van der Waals surface area contributed by atoms with Crippen molar-refractivity contribution < 1.29 is 9.18 Å². The van der Waals surface area contributed by atoms with Crippen molar-refractivity contribution in [1.29, 1.82) is 0 Å². The molecule has 6 heteroatoms. The van der Waals surface area contributed by atoms with E-state index in [0.29, 0.717) is 11.5 Å². The van der Waals surface area contributed by atoms with Gasteiger partial charge in [0, 0.05) is 17.4 Å². The van der Waals surface area contributed by atoms with Gasteiger partial charge in [-0.1, -0.05) is 6.92 Å². The Balaban J connectivity index is 1.94. The number of hydrogen-bond donors (Lipinski definition) is 3. The van der Waals surface area contributed by atoms with Gasteiger partial charge in [0.25, 0.3) is 0 Å². The zero-order valence-corrected chi connectivity index (χ0v) is 9.83. The topological polar surface area (TPSA) is 69.8 Å². The molecule has 2 aromatic rings. The van der Waals surface area contributed by atoms with Gasteiger partial charge in [-0.25, -0.2) is 9.18 Å². The summed E-state index contributed by atoms with van der Waals surface area (Å²) in [5.74, 6) is 0.104. The molecule has 3 N–H and O–H groups in total. The lowest BCUT2D eigenvalue weighted by Crippen LogP contribution is -2.19. The molecule has 1 aromatic heterocycles. The van der Waals surface area contributed by atoms with Crippen molar-refractivity contribution in [2.75, 3.05) is 10.6 Å². The minimum Gasteiger partial charge on any atom is -0.308 e. The maximum atomic E-state index is 12.7. The van der Waals surface area contributed by atoms with E-state index in [2.05, 4.69) is 20.8 Å². The lowest BCUT2D eigenvalue weighted by Gasteiger charge is -2.04. The maximum Gasteiger partial charge on any atom is 0.324 e. The summed E-state index contributed by atoms with van der Waals surface area (Å²) in [6.45, 7) is 1.98. The average Bonchev–Trinajstić information content (AvgIpc) is 2.79. The number of amides is 2. The molecule has 0 saturated carbocycles. The van der Waals surface area contributed by atoms with Crippen molar-refractivity contribution in [3.8, 4) is 0 Å². The maximum absolute atomic E-state index is 12.7. The van der Waals surface area contributed by atoms with Crippen LogP contribution in [0.1, 0.15) is 12.6 Å². The molecule has 1 aromatic carbocycles. The number of aromatic nitrogens is 2. The fourth-order valence-corrected chi connectivity index (χ4v) is 1.42. The van der Waals surface area contributed by atoms with E-state index in [0.717, 1.165) is 12.1 Å². The zero-order chi connectivity index (χ0) is 13.0. The standard InChI is InChI=1S/C12H13FN4O/c1-2-9-7-11(17-16-9)15-12(18)14-10-5-3-8(13)4-6-10/h3-7H,2H2,1H3,(H3,14,15,16,17,18). The first-order valence-corrected chi connectivity index (χ1v) is 5.55.